The van der Waals surface area contributed by atoms with Crippen molar-refractivity contribution in [2.75, 3.05) is 31.1 Å². The van der Waals surface area contributed by atoms with Crippen LogP contribution in [0.15, 0.2) is 66.7 Å². The number of hydrogen-bond acceptors (Lipinski definition) is 7. The first kappa shape index (κ1) is 37.5. The molecule has 0 aliphatic carbocycles. The highest BCUT2D eigenvalue weighted by molar-refractivity contribution is 5.72. The fraction of sp³-hybridized carbons (Fsp3) is 0.488. The van der Waals surface area contributed by atoms with E-state index in [0.29, 0.717) is 30.9 Å². The van der Waals surface area contributed by atoms with E-state index in [2.05, 4.69) is 40.5 Å². The summed E-state index contributed by atoms with van der Waals surface area (Å²) in [5, 5.41) is 12.3. The molecule has 2 amide bonds. The van der Waals surface area contributed by atoms with Gasteiger partial charge in [0.05, 0.1) is 6.42 Å². The first-order valence-electron chi connectivity index (χ1n) is 17.9. The SMILES string of the molecule is CC(C)(C)OC(=O)NCc1cccc(-c2cc(COc3ccccc3CC(=O)O)cc(N3CCC4(CCN(C(=O)OC(C)(C)C)CC4)CC3)c2)c1. The van der Waals surface area contributed by atoms with E-state index < -0.39 is 23.3 Å². The fourth-order valence-electron chi connectivity index (χ4n) is 6.80. The van der Waals surface area contributed by atoms with E-state index in [-0.39, 0.29) is 24.5 Å². The normalized spacial score (nSPS) is 16.0. The summed E-state index contributed by atoms with van der Waals surface area (Å²) in [6, 6.07) is 21.9. The molecule has 1 spiro atoms. The van der Waals surface area contributed by atoms with E-state index >= 15 is 0 Å². The largest absolute Gasteiger partial charge is 0.489 e. The van der Waals surface area contributed by atoms with Crippen molar-refractivity contribution in [2.45, 2.75) is 98.0 Å². The second-order valence-electron chi connectivity index (χ2n) is 15.9. The Bertz CT molecular complexity index is 1690. The number of carboxylic acid groups (broad SMARTS) is 1. The zero-order valence-corrected chi connectivity index (χ0v) is 30.9. The van der Waals surface area contributed by atoms with Crippen LogP contribution < -0.4 is 15.0 Å². The van der Waals surface area contributed by atoms with Gasteiger partial charge in [0.1, 0.15) is 23.6 Å². The molecule has 2 heterocycles. The number of para-hydroxylation sites is 1. The Hall–Kier alpha value is -4.73. The van der Waals surface area contributed by atoms with Crippen LogP contribution in [0, 0.1) is 5.41 Å². The number of likely N-dealkylation sites (tertiary alicyclic amines) is 1. The number of aliphatic carboxylic acids is 1. The van der Waals surface area contributed by atoms with E-state index in [9.17, 15) is 19.5 Å². The highest BCUT2D eigenvalue weighted by atomic mass is 16.6. The average Bonchev–Trinajstić information content (AvgIpc) is 3.06. The maximum Gasteiger partial charge on any atom is 0.410 e. The molecule has 274 valence electrons. The molecule has 51 heavy (non-hydrogen) atoms. The molecule has 3 aromatic carbocycles. The molecule has 0 aromatic heterocycles. The predicted molar refractivity (Wildman–Crippen MR) is 198 cm³/mol. The molecule has 2 aliphatic rings. The van der Waals surface area contributed by atoms with Crippen LogP contribution in [-0.2, 0) is 33.8 Å². The van der Waals surface area contributed by atoms with Crippen LogP contribution in [0.5, 0.6) is 5.75 Å². The van der Waals surface area contributed by atoms with Crippen LogP contribution in [0.2, 0.25) is 0 Å². The van der Waals surface area contributed by atoms with E-state index in [1.165, 1.54) is 0 Å². The van der Waals surface area contributed by atoms with Gasteiger partial charge in [-0.15, -0.1) is 0 Å². The van der Waals surface area contributed by atoms with Crippen molar-refractivity contribution in [2.24, 2.45) is 5.41 Å². The Balaban J connectivity index is 1.33. The molecule has 2 saturated heterocycles. The summed E-state index contributed by atoms with van der Waals surface area (Å²) in [6.45, 7) is 15.1. The number of nitrogens with zero attached hydrogens (tertiary/aromatic N) is 2. The van der Waals surface area contributed by atoms with Crippen molar-refractivity contribution in [1.29, 1.82) is 0 Å². The van der Waals surface area contributed by atoms with Gasteiger partial charge in [0, 0.05) is 44.0 Å². The molecule has 3 aromatic rings. The number of carboxylic acids is 1. The van der Waals surface area contributed by atoms with Gasteiger partial charge in [-0.1, -0.05) is 36.4 Å². The quantitative estimate of drug-likeness (QED) is 0.230. The van der Waals surface area contributed by atoms with Crippen molar-refractivity contribution >= 4 is 23.8 Å². The predicted octanol–water partition coefficient (Wildman–Crippen LogP) is 8.20. The lowest BCUT2D eigenvalue weighted by Crippen LogP contribution is -2.49. The van der Waals surface area contributed by atoms with Crippen molar-refractivity contribution < 1.29 is 33.7 Å². The highest BCUT2D eigenvalue weighted by Gasteiger charge is 2.39. The summed E-state index contributed by atoms with van der Waals surface area (Å²) in [5.41, 5.74) is 4.81. The summed E-state index contributed by atoms with van der Waals surface area (Å²) in [7, 11) is 0. The standard InChI is InChI=1S/C41H53N3O7/c1-39(2,3)50-37(47)42-27-29-10-9-12-31(22-29)33-23-30(28-49-35-13-8-7-11-32(35)26-36(45)46)24-34(25-33)43-18-14-41(15-19-43)16-20-44(21-17-41)38(48)51-40(4,5)6/h7-13,22-25H,14-21,26-28H2,1-6H3,(H,42,47)(H,45,46). The Morgan fingerprint density at radius 3 is 2.08 bits per heavy atom. The maximum absolute atomic E-state index is 12.7. The van der Waals surface area contributed by atoms with E-state index in [1.54, 1.807) is 6.07 Å². The smallest absolute Gasteiger partial charge is 0.410 e. The molecule has 2 N–H and O–H groups in total. The van der Waals surface area contributed by atoms with Crippen LogP contribution >= 0.6 is 0 Å². The van der Waals surface area contributed by atoms with E-state index in [4.69, 9.17) is 14.2 Å². The third-order valence-electron chi connectivity index (χ3n) is 9.45. The number of anilines is 1. The van der Waals surface area contributed by atoms with Crippen LogP contribution in [0.3, 0.4) is 0 Å². The molecule has 2 aliphatic heterocycles. The molecule has 10 heteroatoms. The molecule has 0 atom stereocenters. The minimum atomic E-state index is -0.908. The zero-order valence-electron chi connectivity index (χ0n) is 30.9. The summed E-state index contributed by atoms with van der Waals surface area (Å²) in [4.78, 5) is 40.8. The number of amides is 2. The number of hydrogen-bond donors (Lipinski definition) is 2. The molecule has 0 radical (unpaired) electrons. The van der Waals surface area contributed by atoms with E-state index in [1.807, 2.05) is 76.8 Å². The number of ether oxygens (including phenoxy) is 3. The molecule has 0 bridgehead atoms. The number of carbonyl (C=O) groups excluding carboxylic acids is 2. The number of nitrogens with one attached hydrogen (secondary N) is 1. The number of carbonyl (C=O) groups is 3. The van der Waals surface area contributed by atoms with Crippen molar-refractivity contribution in [3.8, 4) is 16.9 Å². The number of piperidine rings is 2. The van der Waals surface area contributed by atoms with Crippen LogP contribution in [0.1, 0.15) is 83.9 Å². The van der Waals surface area contributed by atoms with Gasteiger partial charge in [0.2, 0.25) is 0 Å². The average molecular weight is 700 g/mol. The third-order valence-corrected chi connectivity index (χ3v) is 9.45. The number of rotatable bonds is 9. The Kier molecular flexibility index (Phi) is 11.5. The second kappa shape index (κ2) is 15.7. The lowest BCUT2D eigenvalue weighted by atomic mass is 9.71. The zero-order chi connectivity index (χ0) is 36.8. The lowest BCUT2D eigenvalue weighted by molar-refractivity contribution is -0.136. The molecule has 0 saturated carbocycles. The van der Waals surface area contributed by atoms with Gasteiger partial charge in [-0.2, -0.15) is 0 Å². The van der Waals surface area contributed by atoms with Gasteiger partial charge in [0.15, 0.2) is 0 Å². The van der Waals surface area contributed by atoms with Crippen molar-refractivity contribution in [3.05, 3.63) is 83.4 Å². The molecule has 10 nitrogen and oxygen atoms in total. The summed E-state index contributed by atoms with van der Waals surface area (Å²) in [5.74, 6) is -0.352. The van der Waals surface area contributed by atoms with Gasteiger partial charge in [-0.05, 0) is 125 Å². The van der Waals surface area contributed by atoms with Gasteiger partial charge >= 0.3 is 18.2 Å². The van der Waals surface area contributed by atoms with Crippen LogP contribution in [0.4, 0.5) is 15.3 Å². The monoisotopic (exact) mass is 699 g/mol. The van der Waals surface area contributed by atoms with Gasteiger partial charge in [-0.3, -0.25) is 4.79 Å². The van der Waals surface area contributed by atoms with Gasteiger partial charge < -0.3 is 34.4 Å². The first-order valence-corrected chi connectivity index (χ1v) is 17.9. The van der Waals surface area contributed by atoms with E-state index in [0.717, 1.165) is 66.7 Å². The van der Waals surface area contributed by atoms with Gasteiger partial charge in [0.25, 0.3) is 0 Å². The Labute approximate surface area is 302 Å². The molecule has 0 unspecified atom stereocenters. The Morgan fingerprint density at radius 2 is 1.41 bits per heavy atom. The molecular formula is C41H53N3O7. The minimum Gasteiger partial charge on any atom is -0.489 e. The molecular weight excluding hydrogens is 646 g/mol. The number of alkyl carbamates (subject to hydrolysis) is 1. The molecule has 2 fully saturated rings. The lowest BCUT2D eigenvalue weighted by Gasteiger charge is -2.47. The topological polar surface area (TPSA) is 118 Å². The van der Waals surface area contributed by atoms with Crippen LogP contribution in [0.25, 0.3) is 11.1 Å². The fourth-order valence-corrected chi connectivity index (χ4v) is 6.80. The number of benzene rings is 3. The highest BCUT2D eigenvalue weighted by Crippen LogP contribution is 2.43. The molecule has 5 rings (SSSR count). The maximum atomic E-state index is 12.7. The first-order chi connectivity index (χ1) is 24.1. The van der Waals surface area contributed by atoms with Crippen molar-refractivity contribution in [3.63, 3.8) is 0 Å². The minimum absolute atomic E-state index is 0.114. The summed E-state index contributed by atoms with van der Waals surface area (Å²) < 4.78 is 17.3. The Morgan fingerprint density at radius 1 is 0.765 bits per heavy atom. The third kappa shape index (κ3) is 10.9. The summed E-state index contributed by atoms with van der Waals surface area (Å²) in [6.07, 6.45) is 3.22. The summed E-state index contributed by atoms with van der Waals surface area (Å²) >= 11 is 0. The van der Waals surface area contributed by atoms with Gasteiger partial charge in [-0.25, -0.2) is 9.59 Å². The second-order valence-corrected chi connectivity index (χ2v) is 15.9. The van der Waals surface area contributed by atoms with Crippen molar-refractivity contribution in [1.82, 2.24) is 10.2 Å². The van der Waals surface area contributed by atoms with Crippen LogP contribution in [-0.4, -0.2) is 65.5 Å².